The molecule has 1 aliphatic rings. The molecule has 0 aromatic carbocycles. The molecule has 0 N–H and O–H groups in total. The van der Waals surface area contributed by atoms with Gasteiger partial charge >= 0.3 is 0 Å². The summed E-state index contributed by atoms with van der Waals surface area (Å²) in [5, 5.41) is 0. The van der Waals surface area contributed by atoms with Crippen LogP contribution < -0.4 is 5.56 Å². The number of pyridine rings is 1. The third-order valence-electron chi connectivity index (χ3n) is 4.84. The highest BCUT2D eigenvalue weighted by molar-refractivity contribution is 5.84. The Balaban J connectivity index is 1.85. The van der Waals surface area contributed by atoms with Gasteiger partial charge in [0.2, 0.25) is 0 Å². The molecule has 3 rings (SSSR count). The normalized spacial score (nSPS) is 16.2. The van der Waals surface area contributed by atoms with E-state index >= 15 is 0 Å². The van der Waals surface area contributed by atoms with Crippen LogP contribution in [0.5, 0.6) is 0 Å². The van der Waals surface area contributed by atoms with Crippen LogP contribution in [0.3, 0.4) is 0 Å². The Bertz CT molecular complexity index is 749. The lowest BCUT2D eigenvalue weighted by Crippen LogP contribution is -2.31. The molecule has 2 aromatic heterocycles. The maximum Gasteiger partial charge on any atom is 0.251 e. The molecule has 1 atom stereocenters. The Morgan fingerprint density at radius 3 is 2.79 bits per heavy atom. The van der Waals surface area contributed by atoms with Crippen molar-refractivity contribution in [1.82, 2.24) is 14.5 Å². The first-order valence-electron chi connectivity index (χ1n) is 8.60. The number of Topliss-reactive ketones (excluding diaryl/α,β-unsaturated/α-hetero) is 1. The molecular weight excluding hydrogens is 302 g/mol. The molecule has 0 saturated heterocycles. The van der Waals surface area contributed by atoms with Gasteiger partial charge in [-0.05, 0) is 37.0 Å². The minimum absolute atomic E-state index is 0.0477. The van der Waals surface area contributed by atoms with E-state index < -0.39 is 6.04 Å². The predicted octanol–water partition coefficient (Wildman–Crippen LogP) is 2.88. The molecule has 24 heavy (non-hydrogen) atoms. The maximum absolute atomic E-state index is 12.9. The molecule has 5 heteroatoms. The lowest BCUT2D eigenvalue weighted by Gasteiger charge is -2.22. The van der Waals surface area contributed by atoms with Gasteiger partial charge in [0.05, 0.1) is 18.2 Å². The number of hydrogen-bond donors (Lipinski definition) is 0. The monoisotopic (exact) mass is 325 g/mol. The third kappa shape index (κ3) is 3.96. The number of rotatable bonds is 6. The summed E-state index contributed by atoms with van der Waals surface area (Å²) in [5.41, 5.74) is 1.51. The van der Waals surface area contributed by atoms with E-state index in [0.29, 0.717) is 11.6 Å². The van der Waals surface area contributed by atoms with E-state index in [1.165, 1.54) is 19.2 Å². The van der Waals surface area contributed by atoms with Gasteiger partial charge in [0, 0.05) is 18.5 Å². The van der Waals surface area contributed by atoms with Crippen molar-refractivity contribution < 1.29 is 4.79 Å². The fourth-order valence-electron chi connectivity index (χ4n) is 3.53. The van der Waals surface area contributed by atoms with Crippen molar-refractivity contribution >= 4 is 5.78 Å². The first-order valence-corrected chi connectivity index (χ1v) is 8.60. The van der Waals surface area contributed by atoms with Crippen molar-refractivity contribution in [2.75, 3.05) is 0 Å². The zero-order valence-electron chi connectivity index (χ0n) is 14.0. The standard InChI is InChI=1S/C19H23N3O2/c1-14-7-9-22(19(24)10-14)17(11-15-4-2-3-5-15)18(23)12-16-6-8-20-13-21-16/h6-10,13,15,17H,2-5,11-12H2,1H3/t17-/m0/s1. The highest BCUT2D eigenvalue weighted by Crippen LogP contribution is 2.32. The minimum Gasteiger partial charge on any atom is -0.305 e. The van der Waals surface area contributed by atoms with Gasteiger partial charge in [-0.2, -0.15) is 0 Å². The zero-order chi connectivity index (χ0) is 16.9. The average Bonchev–Trinajstić information content (AvgIpc) is 3.07. The second kappa shape index (κ2) is 7.51. The second-order valence-electron chi connectivity index (χ2n) is 6.70. The zero-order valence-corrected chi connectivity index (χ0v) is 14.0. The maximum atomic E-state index is 12.9. The van der Waals surface area contributed by atoms with Gasteiger partial charge in [-0.3, -0.25) is 9.59 Å². The SMILES string of the molecule is Cc1ccn([C@@H](CC2CCCC2)C(=O)Cc2ccncn2)c(=O)c1. The molecule has 2 aromatic rings. The number of hydrogen-bond acceptors (Lipinski definition) is 4. The average molecular weight is 325 g/mol. The quantitative estimate of drug-likeness (QED) is 0.819. The van der Waals surface area contributed by atoms with Crippen LogP contribution in [0.2, 0.25) is 0 Å². The number of carbonyl (C=O) groups is 1. The van der Waals surface area contributed by atoms with E-state index in [1.54, 1.807) is 29.1 Å². The molecule has 0 amide bonds. The van der Waals surface area contributed by atoms with Crippen LogP contribution in [-0.4, -0.2) is 20.3 Å². The first-order chi connectivity index (χ1) is 11.6. The van der Waals surface area contributed by atoms with Crippen molar-refractivity contribution in [3.63, 3.8) is 0 Å². The lowest BCUT2D eigenvalue weighted by molar-refractivity contribution is -0.122. The third-order valence-corrected chi connectivity index (χ3v) is 4.84. The van der Waals surface area contributed by atoms with Gasteiger partial charge in [0.25, 0.3) is 5.56 Å². The highest BCUT2D eigenvalue weighted by atomic mass is 16.1. The Hall–Kier alpha value is -2.30. The predicted molar refractivity (Wildman–Crippen MR) is 91.8 cm³/mol. The highest BCUT2D eigenvalue weighted by Gasteiger charge is 2.27. The number of aryl methyl sites for hydroxylation is 1. The van der Waals surface area contributed by atoms with Crippen LogP contribution in [0, 0.1) is 12.8 Å². The molecule has 126 valence electrons. The van der Waals surface area contributed by atoms with E-state index in [-0.39, 0.29) is 17.8 Å². The van der Waals surface area contributed by atoms with E-state index in [2.05, 4.69) is 9.97 Å². The molecule has 1 fully saturated rings. The van der Waals surface area contributed by atoms with Crippen molar-refractivity contribution in [2.45, 2.75) is 51.5 Å². The van der Waals surface area contributed by atoms with E-state index in [1.807, 2.05) is 13.0 Å². The largest absolute Gasteiger partial charge is 0.305 e. The number of aromatic nitrogens is 3. The number of ketones is 1. The van der Waals surface area contributed by atoms with Gasteiger partial charge in [0.15, 0.2) is 5.78 Å². The van der Waals surface area contributed by atoms with Gasteiger partial charge in [0.1, 0.15) is 6.33 Å². The van der Waals surface area contributed by atoms with Crippen molar-refractivity contribution in [1.29, 1.82) is 0 Å². The summed E-state index contributed by atoms with van der Waals surface area (Å²) in [4.78, 5) is 33.3. The molecule has 1 saturated carbocycles. The Morgan fingerprint density at radius 1 is 1.33 bits per heavy atom. The molecule has 1 aliphatic carbocycles. The summed E-state index contributed by atoms with van der Waals surface area (Å²) in [6.07, 6.45) is 10.6. The smallest absolute Gasteiger partial charge is 0.251 e. The Morgan fingerprint density at radius 2 is 2.12 bits per heavy atom. The van der Waals surface area contributed by atoms with Crippen molar-refractivity contribution in [3.8, 4) is 0 Å². The van der Waals surface area contributed by atoms with Crippen molar-refractivity contribution in [3.05, 3.63) is 58.5 Å². The summed E-state index contributed by atoms with van der Waals surface area (Å²) in [7, 11) is 0. The van der Waals surface area contributed by atoms with Crippen LogP contribution >= 0.6 is 0 Å². The van der Waals surface area contributed by atoms with Gasteiger partial charge in [-0.25, -0.2) is 9.97 Å². The fourth-order valence-corrected chi connectivity index (χ4v) is 3.53. The topological polar surface area (TPSA) is 64.8 Å². The number of carbonyl (C=O) groups excluding carboxylic acids is 1. The van der Waals surface area contributed by atoms with Gasteiger partial charge < -0.3 is 4.57 Å². The fraction of sp³-hybridized carbons (Fsp3) is 0.474. The molecule has 0 bridgehead atoms. The first kappa shape index (κ1) is 16.6. The molecular formula is C19H23N3O2. The van der Waals surface area contributed by atoms with Crippen LogP contribution in [0.4, 0.5) is 0 Å². The van der Waals surface area contributed by atoms with Crippen LogP contribution in [0.15, 0.2) is 41.7 Å². The number of nitrogens with zero attached hydrogens (tertiary/aromatic N) is 3. The molecule has 0 unspecified atom stereocenters. The second-order valence-corrected chi connectivity index (χ2v) is 6.70. The van der Waals surface area contributed by atoms with E-state index in [9.17, 15) is 9.59 Å². The van der Waals surface area contributed by atoms with Crippen LogP contribution in [0.1, 0.15) is 49.4 Å². The lowest BCUT2D eigenvalue weighted by atomic mass is 9.93. The Kier molecular flexibility index (Phi) is 5.18. The van der Waals surface area contributed by atoms with E-state index in [4.69, 9.17) is 0 Å². The molecule has 5 nitrogen and oxygen atoms in total. The molecule has 2 heterocycles. The van der Waals surface area contributed by atoms with Crippen LogP contribution in [-0.2, 0) is 11.2 Å². The minimum atomic E-state index is -0.406. The Labute approximate surface area is 141 Å². The summed E-state index contributed by atoms with van der Waals surface area (Å²) in [6, 6.07) is 4.83. The van der Waals surface area contributed by atoms with Gasteiger partial charge in [-0.15, -0.1) is 0 Å². The van der Waals surface area contributed by atoms with Crippen LogP contribution in [0.25, 0.3) is 0 Å². The molecule has 0 aliphatic heterocycles. The summed E-state index contributed by atoms with van der Waals surface area (Å²) in [5.74, 6) is 0.573. The summed E-state index contributed by atoms with van der Waals surface area (Å²) < 4.78 is 1.61. The summed E-state index contributed by atoms with van der Waals surface area (Å²) in [6.45, 7) is 1.89. The van der Waals surface area contributed by atoms with Crippen molar-refractivity contribution in [2.24, 2.45) is 5.92 Å². The van der Waals surface area contributed by atoms with E-state index in [0.717, 1.165) is 24.8 Å². The molecule has 0 spiro atoms. The van der Waals surface area contributed by atoms with Gasteiger partial charge in [-0.1, -0.05) is 25.7 Å². The summed E-state index contributed by atoms with van der Waals surface area (Å²) >= 11 is 0. The molecule has 0 radical (unpaired) electrons.